The fraction of sp³-hybridized carbons (Fsp3) is 0.0571. The number of hydrogen-bond acceptors (Lipinski definition) is 8. The molecule has 0 aromatic heterocycles. The topological polar surface area (TPSA) is 173 Å². The molecular formula is C70H24Cl12F24Ga3N4O8-3. The van der Waals surface area contributed by atoms with E-state index in [-0.39, 0.29) is 83.0 Å². The summed E-state index contributed by atoms with van der Waals surface area (Å²) >= 11 is 57.3. The summed E-state index contributed by atoms with van der Waals surface area (Å²) in [5, 5.41) is 47.8. The van der Waals surface area contributed by atoms with Gasteiger partial charge in [0, 0.05) is 0 Å². The van der Waals surface area contributed by atoms with Crippen molar-refractivity contribution in [2.24, 2.45) is 0 Å². The van der Waals surface area contributed by atoms with Crippen LogP contribution in [0.25, 0.3) is 0 Å². The quantitative estimate of drug-likeness (QED) is 0.0204. The standard InChI is InChI=1S/4C6H2Cl3.3C6F5.4C6H4NO2.C4F9.3Ga/c4*7-4-2-1-3-5(8)6(4)9;3*7-2-1-3(8)5(10)6(11)4(2)9;4*8-7(9)6-4-2-1-3-5-6;5-1(6)2(7,8)3(9,10)4(11,12)13;;;/h4*2-3H;;;;4*2-5H;;;;/q;;;;;;;;;;;;3*-1. The molecule has 0 amide bonds. The average Bonchev–Trinajstić information content (AvgIpc) is 0.667. The van der Waals surface area contributed by atoms with Crippen molar-refractivity contribution in [2.75, 3.05) is 0 Å². The molecule has 12 nitrogen and oxygen atoms in total. The zero-order valence-corrected chi connectivity index (χ0v) is 73.6. The van der Waals surface area contributed by atoms with Crippen molar-refractivity contribution in [1.29, 1.82) is 0 Å². The van der Waals surface area contributed by atoms with Gasteiger partial charge in [0.2, 0.25) is 0 Å². The monoisotopic (exact) mass is 2130 g/mol. The van der Waals surface area contributed by atoms with Gasteiger partial charge in [0.1, 0.15) is 0 Å². The fourth-order valence-electron chi connectivity index (χ4n) is 13.8. The molecule has 11 aromatic carbocycles. The molecule has 0 radical (unpaired) electrons. The Bertz CT molecular complexity index is 5290. The molecule has 11 rings (SSSR count). The first-order chi connectivity index (χ1) is 55.9. The average molecular weight is 2140 g/mol. The summed E-state index contributed by atoms with van der Waals surface area (Å²) in [6, 6.07) is 37.5. The van der Waals surface area contributed by atoms with Gasteiger partial charge in [-0.2, -0.15) is 0 Å². The van der Waals surface area contributed by atoms with Crippen LogP contribution in [-0.4, -0.2) is 87.3 Å². The summed E-state index contributed by atoms with van der Waals surface area (Å²) in [5.41, 5.74) is -0.560. The molecular weight excluding hydrogens is 2120 g/mol. The molecule has 121 heavy (non-hydrogen) atoms. The summed E-state index contributed by atoms with van der Waals surface area (Å²) in [6.07, 6.45) is -8.14. The Morgan fingerprint density at radius 3 is 0.529 bits per heavy atom. The van der Waals surface area contributed by atoms with Crippen LogP contribution in [-0.2, 0) is 0 Å². The van der Waals surface area contributed by atoms with E-state index in [9.17, 15) is 111 Å². The van der Waals surface area contributed by atoms with E-state index in [1.54, 1.807) is 97.1 Å². The van der Waals surface area contributed by atoms with Crippen LogP contribution < -0.4 is 45.3 Å². The first kappa shape index (κ1) is 97.5. The van der Waals surface area contributed by atoms with Crippen LogP contribution in [0.4, 0.5) is 128 Å². The zero-order chi connectivity index (χ0) is 91.0. The SMILES string of the molecule is Clc1c[c]([Ga-]([c]2cc(Cl)c(Cl)c(Cl)c2)([c]2cc(Cl)c(Cl)c(Cl)c2)[c]2cc(Cl)c(Cl)c(Cl)c2)cc(Cl)c1Cl.Fc1c(F)c(F)[c]([Ga-]([c]2c(F)c(F)c(F)c(F)c2F)([c]2c(F)c(F)c(F)c(F)c2F)[C](F)(F)C(F)(F)C(F)(F)C(F)(F)F)c(F)c1F.O=[N+]([O-])c1cc[c]([Ga-]([c]2ccc([N+](=O)[O-])cc2)([c]2ccc([N+](=O)[O-])cc2)[c]2ccc([N+](=O)[O-])cc2)cc1. The summed E-state index contributed by atoms with van der Waals surface area (Å²) in [4.78, 5) is 43.1. The minimum atomic E-state index is -11.4. The predicted molar refractivity (Wildman–Crippen MR) is 411 cm³/mol. The fourth-order valence-corrected chi connectivity index (χ4v) is 53.2. The van der Waals surface area contributed by atoms with Gasteiger partial charge >= 0.3 is 733 Å². The molecule has 0 saturated heterocycles. The first-order valence-corrected chi connectivity index (χ1v) is 50.8. The van der Waals surface area contributed by atoms with Crippen molar-refractivity contribution in [3.63, 3.8) is 0 Å². The second kappa shape index (κ2) is 36.4. The van der Waals surface area contributed by atoms with Crippen LogP contribution in [0.3, 0.4) is 0 Å². The number of nitro groups is 4. The third kappa shape index (κ3) is 16.8. The summed E-state index contributed by atoms with van der Waals surface area (Å²) in [6.45, 7) is 0. The van der Waals surface area contributed by atoms with Crippen molar-refractivity contribution in [1.82, 2.24) is 0 Å². The van der Waals surface area contributed by atoms with E-state index in [0.29, 0.717) is 16.5 Å². The van der Waals surface area contributed by atoms with E-state index in [0.717, 1.165) is 16.5 Å². The van der Waals surface area contributed by atoms with Crippen LogP contribution in [0.1, 0.15) is 0 Å². The minimum absolute atomic E-state index is 0.140. The zero-order valence-electron chi connectivity index (χ0n) is 57.3. The molecule has 0 fully saturated rings. The maximum absolute atomic E-state index is 16.1. The van der Waals surface area contributed by atoms with E-state index in [2.05, 4.69) is 0 Å². The van der Waals surface area contributed by atoms with Crippen molar-refractivity contribution >= 4 is 252 Å². The molecule has 0 bridgehead atoms. The molecule has 0 aliphatic carbocycles. The summed E-state index contributed by atoms with van der Waals surface area (Å²) < 4.78 is 331. The number of halogens is 36. The van der Waals surface area contributed by atoms with Crippen LogP contribution in [0.15, 0.2) is 146 Å². The van der Waals surface area contributed by atoms with Gasteiger partial charge in [0.15, 0.2) is 0 Å². The van der Waals surface area contributed by atoms with Crippen LogP contribution in [0.2, 0.25) is 60.3 Å². The number of rotatable bonds is 18. The first-order valence-electron chi connectivity index (χ1n) is 31.8. The Kier molecular flexibility index (Phi) is 29.3. The van der Waals surface area contributed by atoms with E-state index in [1.165, 1.54) is 48.5 Å². The number of nitrogens with zero attached hydrogens (tertiary/aromatic N) is 4. The second-order valence-corrected chi connectivity index (χ2v) is 57.4. The van der Waals surface area contributed by atoms with E-state index in [4.69, 9.17) is 139 Å². The number of benzene rings is 11. The third-order valence-corrected chi connectivity index (χ3v) is 58.5. The summed E-state index contributed by atoms with van der Waals surface area (Å²) in [5.74, 6) is -78.0. The van der Waals surface area contributed by atoms with Crippen molar-refractivity contribution < 1.29 is 125 Å². The molecule has 11 aromatic rings. The van der Waals surface area contributed by atoms with E-state index < -0.39 is 187 Å². The second-order valence-electron chi connectivity index (χ2n) is 25.4. The molecule has 636 valence electrons. The molecule has 0 atom stereocenters. The Morgan fingerprint density at radius 1 is 0.231 bits per heavy atom. The van der Waals surface area contributed by atoms with Gasteiger partial charge in [0.25, 0.3) is 0 Å². The van der Waals surface area contributed by atoms with Gasteiger partial charge in [-0.3, -0.25) is 0 Å². The van der Waals surface area contributed by atoms with Gasteiger partial charge in [-0.25, -0.2) is 0 Å². The van der Waals surface area contributed by atoms with E-state index in [1.807, 2.05) is 0 Å². The summed E-state index contributed by atoms with van der Waals surface area (Å²) in [7, 11) is 0. The molecule has 0 heterocycles. The molecule has 0 unspecified atom stereocenters. The normalized spacial score (nSPS) is 12.2. The molecule has 0 N–H and O–H groups in total. The molecule has 0 saturated carbocycles. The third-order valence-electron chi connectivity index (χ3n) is 19.2. The molecule has 51 heteroatoms. The van der Waals surface area contributed by atoms with Gasteiger partial charge in [0.05, 0.1) is 0 Å². The van der Waals surface area contributed by atoms with Gasteiger partial charge < -0.3 is 0 Å². The Balaban J connectivity index is 0.000000208. The number of non-ortho nitro benzene ring substituents is 4. The number of hydrogen-bond donors (Lipinski definition) is 0. The number of nitro benzene ring substituents is 4. The van der Waals surface area contributed by atoms with Crippen molar-refractivity contribution in [3.05, 3.63) is 334 Å². The van der Waals surface area contributed by atoms with Gasteiger partial charge in [-0.15, -0.1) is 0 Å². The van der Waals surface area contributed by atoms with E-state index >= 15 is 35.1 Å². The molecule has 0 aliphatic heterocycles. The maximum atomic E-state index is 16.1. The van der Waals surface area contributed by atoms with Gasteiger partial charge in [-0.1, -0.05) is 0 Å². The Labute approximate surface area is 727 Å². The molecule has 0 spiro atoms. The number of alkyl halides is 9. The van der Waals surface area contributed by atoms with Crippen molar-refractivity contribution in [3.8, 4) is 0 Å². The Hall–Kier alpha value is -7.27. The van der Waals surface area contributed by atoms with Crippen LogP contribution in [0, 0.1) is 128 Å². The van der Waals surface area contributed by atoms with Crippen LogP contribution in [0.5, 0.6) is 0 Å². The molecule has 0 aliphatic rings. The van der Waals surface area contributed by atoms with Crippen molar-refractivity contribution in [2.45, 2.75) is 22.5 Å². The Morgan fingerprint density at radius 2 is 0.380 bits per heavy atom. The van der Waals surface area contributed by atoms with Crippen LogP contribution >= 0.6 is 139 Å². The van der Waals surface area contributed by atoms with Gasteiger partial charge in [-0.05, 0) is 0 Å². The predicted octanol–water partition coefficient (Wildman–Crippen LogP) is 20.9.